The molecule has 0 bridgehead atoms. The largest absolute Gasteiger partial charge is 0.507 e. The summed E-state index contributed by atoms with van der Waals surface area (Å²) in [5.41, 5.74) is 0.548. The summed E-state index contributed by atoms with van der Waals surface area (Å²) in [6.07, 6.45) is 1.05. The molecule has 92 valence electrons. The van der Waals surface area contributed by atoms with Gasteiger partial charge in [0.1, 0.15) is 5.75 Å². The van der Waals surface area contributed by atoms with Gasteiger partial charge in [0.25, 0.3) is 5.91 Å². The molecule has 2 unspecified atom stereocenters. The van der Waals surface area contributed by atoms with E-state index in [1.165, 1.54) is 6.07 Å². The molecule has 0 saturated carbocycles. The molecule has 1 fully saturated rings. The minimum absolute atomic E-state index is 0.00431. The number of hydrogen-bond acceptors (Lipinski definition) is 2. The van der Waals surface area contributed by atoms with E-state index in [2.05, 4.69) is 29.8 Å². The molecule has 0 radical (unpaired) electrons. The summed E-state index contributed by atoms with van der Waals surface area (Å²) < 4.78 is 0.608. The Kier molecular flexibility index (Phi) is 3.43. The average molecular weight is 298 g/mol. The Morgan fingerprint density at radius 1 is 1.47 bits per heavy atom. The van der Waals surface area contributed by atoms with Crippen LogP contribution < -0.4 is 0 Å². The van der Waals surface area contributed by atoms with Crippen molar-refractivity contribution >= 4 is 21.8 Å². The van der Waals surface area contributed by atoms with Crippen molar-refractivity contribution in [2.45, 2.75) is 26.3 Å². The van der Waals surface area contributed by atoms with E-state index in [1.54, 1.807) is 12.1 Å². The van der Waals surface area contributed by atoms with Gasteiger partial charge in [-0.15, -0.1) is 0 Å². The summed E-state index contributed by atoms with van der Waals surface area (Å²) in [6, 6.07) is 5.24. The van der Waals surface area contributed by atoms with Crippen LogP contribution in [0.5, 0.6) is 5.75 Å². The average Bonchev–Trinajstić information content (AvgIpc) is 2.61. The smallest absolute Gasteiger partial charge is 0.254 e. The Labute approximate surface area is 110 Å². The van der Waals surface area contributed by atoms with E-state index in [-0.39, 0.29) is 17.7 Å². The van der Waals surface area contributed by atoms with Gasteiger partial charge in [0.05, 0.1) is 4.47 Å². The molecular weight excluding hydrogens is 282 g/mol. The lowest BCUT2D eigenvalue weighted by Crippen LogP contribution is -2.33. The van der Waals surface area contributed by atoms with Gasteiger partial charge in [0, 0.05) is 18.2 Å². The van der Waals surface area contributed by atoms with Gasteiger partial charge in [-0.1, -0.05) is 6.92 Å². The predicted octanol–water partition coefficient (Wildman–Crippen LogP) is 3.03. The van der Waals surface area contributed by atoms with Crippen molar-refractivity contribution in [2.24, 2.45) is 5.92 Å². The molecule has 1 heterocycles. The maximum atomic E-state index is 12.3. The second kappa shape index (κ2) is 4.69. The van der Waals surface area contributed by atoms with Crippen molar-refractivity contribution in [1.29, 1.82) is 0 Å². The molecule has 1 amide bonds. The monoisotopic (exact) mass is 297 g/mol. The second-order valence-electron chi connectivity index (χ2n) is 4.81. The maximum absolute atomic E-state index is 12.3. The number of carbonyl (C=O) groups is 1. The van der Waals surface area contributed by atoms with E-state index in [0.717, 1.165) is 13.0 Å². The zero-order chi connectivity index (χ0) is 12.6. The van der Waals surface area contributed by atoms with E-state index < -0.39 is 0 Å². The first-order chi connectivity index (χ1) is 7.99. The van der Waals surface area contributed by atoms with Crippen LogP contribution in [0.3, 0.4) is 0 Å². The number of phenolic OH excluding ortho intramolecular Hbond substituents is 1. The number of aromatic hydroxyl groups is 1. The SMILES string of the molecule is CC1CC(C)N(C(=O)c2ccc(Br)c(O)c2)C1. The number of hydrogen-bond donors (Lipinski definition) is 1. The molecular formula is C13H16BrNO2. The summed E-state index contributed by atoms with van der Waals surface area (Å²) in [5, 5.41) is 9.59. The fourth-order valence-corrected chi connectivity index (χ4v) is 2.64. The van der Waals surface area contributed by atoms with E-state index in [1.807, 2.05) is 4.90 Å². The maximum Gasteiger partial charge on any atom is 0.254 e. The van der Waals surface area contributed by atoms with Crippen LogP contribution in [-0.4, -0.2) is 28.5 Å². The standard InChI is InChI=1S/C13H16BrNO2/c1-8-5-9(2)15(7-8)13(17)10-3-4-11(14)12(16)6-10/h3-4,6,8-9,16H,5,7H2,1-2H3. The third-order valence-corrected chi connectivity index (χ3v) is 3.91. The Bertz CT molecular complexity index is 447. The molecule has 1 aromatic rings. The van der Waals surface area contributed by atoms with E-state index in [4.69, 9.17) is 0 Å². The van der Waals surface area contributed by atoms with Crippen LogP contribution in [0, 0.1) is 5.92 Å². The first kappa shape index (κ1) is 12.4. The highest BCUT2D eigenvalue weighted by molar-refractivity contribution is 9.10. The fraction of sp³-hybridized carbons (Fsp3) is 0.462. The minimum atomic E-state index is 0.00431. The van der Waals surface area contributed by atoms with Crippen LogP contribution in [0.2, 0.25) is 0 Å². The van der Waals surface area contributed by atoms with Gasteiger partial charge in [-0.2, -0.15) is 0 Å². The van der Waals surface area contributed by atoms with Crippen LogP contribution >= 0.6 is 15.9 Å². The van der Waals surface area contributed by atoms with E-state index in [0.29, 0.717) is 16.0 Å². The van der Waals surface area contributed by atoms with Crippen LogP contribution in [0.1, 0.15) is 30.6 Å². The van der Waals surface area contributed by atoms with Crippen LogP contribution in [0.4, 0.5) is 0 Å². The number of likely N-dealkylation sites (tertiary alicyclic amines) is 1. The molecule has 1 aromatic carbocycles. The first-order valence-electron chi connectivity index (χ1n) is 5.78. The molecule has 0 aliphatic carbocycles. The van der Waals surface area contributed by atoms with Gasteiger partial charge < -0.3 is 10.0 Å². The van der Waals surface area contributed by atoms with Crippen molar-refractivity contribution in [3.63, 3.8) is 0 Å². The molecule has 1 N–H and O–H groups in total. The van der Waals surface area contributed by atoms with Crippen LogP contribution in [0.25, 0.3) is 0 Å². The van der Waals surface area contributed by atoms with Gasteiger partial charge in [0.2, 0.25) is 0 Å². The summed E-state index contributed by atoms with van der Waals surface area (Å²) in [6.45, 7) is 5.03. The third kappa shape index (κ3) is 2.46. The van der Waals surface area contributed by atoms with Crippen LogP contribution in [0.15, 0.2) is 22.7 Å². The fourth-order valence-electron chi connectivity index (χ4n) is 2.39. The zero-order valence-corrected chi connectivity index (χ0v) is 11.6. The van der Waals surface area contributed by atoms with Gasteiger partial charge in [-0.3, -0.25) is 4.79 Å². The molecule has 1 saturated heterocycles. The number of nitrogens with zero attached hydrogens (tertiary/aromatic N) is 1. The highest BCUT2D eigenvalue weighted by Gasteiger charge is 2.30. The second-order valence-corrected chi connectivity index (χ2v) is 5.67. The zero-order valence-electron chi connectivity index (χ0n) is 9.98. The number of halogens is 1. The number of amides is 1. The highest BCUT2D eigenvalue weighted by atomic mass is 79.9. The van der Waals surface area contributed by atoms with Crippen molar-refractivity contribution in [1.82, 2.24) is 4.90 Å². The lowest BCUT2D eigenvalue weighted by atomic mass is 10.1. The summed E-state index contributed by atoms with van der Waals surface area (Å²) in [7, 11) is 0. The lowest BCUT2D eigenvalue weighted by molar-refractivity contribution is 0.0743. The third-order valence-electron chi connectivity index (χ3n) is 3.24. The van der Waals surface area contributed by atoms with Crippen LogP contribution in [-0.2, 0) is 0 Å². The molecule has 17 heavy (non-hydrogen) atoms. The molecule has 0 spiro atoms. The predicted molar refractivity (Wildman–Crippen MR) is 70.1 cm³/mol. The number of carbonyl (C=O) groups excluding carboxylic acids is 1. The van der Waals surface area contributed by atoms with Gasteiger partial charge in [-0.25, -0.2) is 0 Å². The first-order valence-corrected chi connectivity index (χ1v) is 6.58. The van der Waals surface area contributed by atoms with Gasteiger partial charge in [-0.05, 0) is 53.4 Å². The molecule has 1 aliphatic heterocycles. The molecule has 2 rings (SSSR count). The summed E-state index contributed by atoms with van der Waals surface area (Å²) in [4.78, 5) is 14.1. The summed E-state index contributed by atoms with van der Waals surface area (Å²) >= 11 is 3.21. The van der Waals surface area contributed by atoms with Gasteiger partial charge in [0.15, 0.2) is 0 Å². The number of rotatable bonds is 1. The minimum Gasteiger partial charge on any atom is -0.507 e. The number of benzene rings is 1. The van der Waals surface area contributed by atoms with E-state index >= 15 is 0 Å². The Morgan fingerprint density at radius 3 is 2.71 bits per heavy atom. The number of phenols is 1. The highest BCUT2D eigenvalue weighted by Crippen LogP contribution is 2.28. The van der Waals surface area contributed by atoms with Crippen molar-refractivity contribution in [3.8, 4) is 5.75 Å². The molecule has 4 heteroatoms. The normalized spacial score (nSPS) is 24.1. The topological polar surface area (TPSA) is 40.5 Å². The van der Waals surface area contributed by atoms with Crippen molar-refractivity contribution < 1.29 is 9.90 Å². The van der Waals surface area contributed by atoms with E-state index in [9.17, 15) is 9.90 Å². The molecule has 1 aliphatic rings. The summed E-state index contributed by atoms with van der Waals surface area (Å²) in [5.74, 6) is 0.665. The molecule has 2 atom stereocenters. The lowest BCUT2D eigenvalue weighted by Gasteiger charge is -2.21. The molecule has 3 nitrogen and oxygen atoms in total. The Hall–Kier alpha value is -1.03. The Balaban J connectivity index is 2.22. The Morgan fingerprint density at radius 2 is 2.18 bits per heavy atom. The van der Waals surface area contributed by atoms with Crippen molar-refractivity contribution in [3.05, 3.63) is 28.2 Å². The molecule has 0 aromatic heterocycles. The van der Waals surface area contributed by atoms with Gasteiger partial charge >= 0.3 is 0 Å². The quantitative estimate of drug-likeness (QED) is 0.865. The van der Waals surface area contributed by atoms with Crippen molar-refractivity contribution in [2.75, 3.05) is 6.54 Å².